The van der Waals surface area contributed by atoms with E-state index in [1.54, 1.807) is 6.08 Å². The monoisotopic (exact) mass is 154 g/mol. The molecule has 0 heterocycles. The lowest BCUT2D eigenvalue weighted by molar-refractivity contribution is 0.469. The van der Waals surface area contributed by atoms with Crippen molar-refractivity contribution in [1.82, 2.24) is 0 Å². The van der Waals surface area contributed by atoms with E-state index in [0.29, 0.717) is 0 Å². The van der Waals surface area contributed by atoms with Crippen molar-refractivity contribution in [2.24, 2.45) is 0 Å². The smallest absolute Gasteiger partial charge is 0.0751 e. The quantitative estimate of drug-likeness (QED) is 0.337. The van der Waals surface area contributed by atoms with Crippen molar-refractivity contribution >= 4 is 0 Å². The molecule has 0 amide bonds. The lowest BCUT2D eigenvalue weighted by Crippen LogP contribution is -1.76. The standard InChI is InChI=1S/C10H18O/c1-2-3-4-5-6-7-8-9-10-11/h2,9-11H,1,3-8H2. The topological polar surface area (TPSA) is 20.2 Å². The Hall–Kier alpha value is -0.720. The van der Waals surface area contributed by atoms with Crippen molar-refractivity contribution < 1.29 is 5.11 Å². The van der Waals surface area contributed by atoms with Gasteiger partial charge in [-0.05, 0) is 25.7 Å². The van der Waals surface area contributed by atoms with Gasteiger partial charge in [0, 0.05) is 0 Å². The zero-order chi connectivity index (χ0) is 8.36. The molecule has 0 fully saturated rings. The van der Waals surface area contributed by atoms with Crippen molar-refractivity contribution in [2.45, 2.75) is 38.5 Å². The molecule has 0 aromatic heterocycles. The minimum absolute atomic E-state index is 1.00. The van der Waals surface area contributed by atoms with Gasteiger partial charge in [0.05, 0.1) is 6.26 Å². The summed E-state index contributed by atoms with van der Waals surface area (Å²) >= 11 is 0. The molecular formula is C10H18O. The molecule has 0 spiro atoms. The van der Waals surface area contributed by atoms with E-state index in [1.807, 2.05) is 6.08 Å². The third-order valence-corrected chi connectivity index (χ3v) is 1.63. The fraction of sp³-hybridized carbons (Fsp3) is 0.600. The van der Waals surface area contributed by atoms with E-state index < -0.39 is 0 Å². The van der Waals surface area contributed by atoms with Crippen LogP contribution >= 0.6 is 0 Å². The molecule has 0 atom stereocenters. The van der Waals surface area contributed by atoms with Gasteiger partial charge in [0.2, 0.25) is 0 Å². The van der Waals surface area contributed by atoms with Crippen LogP contribution in [0.4, 0.5) is 0 Å². The molecule has 0 saturated carbocycles. The summed E-state index contributed by atoms with van der Waals surface area (Å²) in [6.07, 6.45) is 12.0. The first kappa shape index (κ1) is 10.3. The second kappa shape index (κ2) is 9.28. The lowest BCUT2D eigenvalue weighted by Gasteiger charge is -1.95. The Balaban J connectivity index is 2.84. The minimum atomic E-state index is 1.00. The van der Waals surface area contributed by atoms with Crippen molar-refractivity contribution in [1.29, 1.82) is 0 Å². The highest BCUT2D eigenvalue weighted by molar-refractivity contribution is 4.71. The fourth-order valence-electron chi connectivity index (χ4n) is 0.979. The zero-order valence-electron chi connectivity index (χ0n) is 7.13. The predicted molar refractivity (Wildman–Crippen MR) is 49.7 cm³/mol. The minimum Gasteiger partial charge on any atom is -0.516 e. The van der Waals surface area contributed by atoms with Crippen molar-refractivity contribution in [2.75, 3.05) is 0 Å². The zero-order valence-corrected chi connectivity index (χ0v) is 7.13. The molecule has 0 rings (SSSR count). The van der Waals surface area contributed by atoms with Gasteiger partial charge in [0.15, 0.2) is 0 Å². The third kappa shape index (κ3) is 9.28. The van der Waals surface area contributed by atoms with E-state index in [0.717, 1.165) is 19.1 Å². The number of aliphatic hydroxyl groups is 1. The summed E-state index contributed by atoms with van der Waals surface area (Å²) in [7, 11) is 0. The number of allylic oxidation sites excluding steroid dienone is 2. The summed E-state index contributed by atoms with van der Waals surface area (Å²) < 4.78 is 0. The summed E-state index contributed by atoms with van der Waals surface area (Å²) in [5.41, 5.74) is 0. The van der Waals surface area contributed by atoms with Gasteiger partial charge in [-0.15, -0.1) is 6.58 Å². The number of rotatable bonds is 7. The van der Waals surface area contributed by atoms with Crippen LogP contribution in [-0.2, 0) is 0 Å². The molecule has 0 aliphatic heterocycles. The van der Waals surface area contributed by atoms with Crippen molar-refractivity contribution in [3.63, 3.8) is 0 Å². The Bertz CT molecular complexity index is 105. The third-order valence-electron chi connectivity index (χ3n) is 1.63. The van der Waals surface area contributed by atoms with Crippen LogP contribution in [0.2, 0.25) is 0 Å². The van der Waals surface area contributed by atoms with Gasteiger partial charge in [-0.2, -0.15) is 0 Å². The molecule has 0 radical (unpaired) electrons. The van der Waals surface area contributed by atoms with Crippen LogP contribution in [0.25, 0.3) is 0 Å². The highest BCUT2D eigenvalue weighted by atomic mass is 16.2. The van der Waals surface area contributed by atoms with Crippen LogP contribution < -0.4 is 0 Å². The van der Waals surface area contributed by atoms with Gasteiger partial charge in [0.25, 0.3) is 0 Å². The Morgan fingerprint density at radius 1 is 1.00 bits per heavy atom. The van der Waals surface area contributed by atoms with E-state index in [2.05, 4.69) is 6.58 Å². The van der Waals surface area contributed by atoms with Crippen molar-refractivity contribution in [3.05, 3.63) is 25.0 Å². The molecule has 1 nitrogen and oxygen atoms in total. The molecule has 1 heteroatoms. The summed E-state index contributed by atoms with van der Waals surface area (Å²) in [5, 5.41) is 8.31. The summed E-state index contributed by atoms with van der Waals surface area (Å²) in [6.45, 7) is 3.66. The van der Waals surface area contributed by atoms with Crippen molar-refractivity contribution in [3.8, 4) is 0 Å². The number of unbranched alkanes of at least 4 members (excludes halogenated alkanes) is 5. The first-order valence-corrected chi connectivity index (χ1v) is 4.32. The van der Waals surface area contributed by atoms with E-state index in [4.69, 9.17) is 5.11 Å². The number of aliphatic hydroxyl groups excluding tert-OH is 1. The maximum atomic E-state index is 8.31. The van der Waals surface area contributed by atoms with Gasteiger partial charge in [0.1, 0.15) is 0 Å². The molecule has 0 saturated heterocycles. The fourth-order valence-corrected chi connectivity index (χ4v) is 0.979. The molecule has 0 aromatic rings. The molecule has 0 aromatic carbocycles. The van der Waals surface area contributed by atoms with Crippen LogP contribution in [0, 0.1) is 0 Å². The molecule has 0 aliphatic rings. The normalized spacial score (nSPS) is 10.5. The molecule has 0 aliphatic carbocycles. The second-order valence-electron chi connectivity index (χ2n) is 2.67. The Morgan fingerprint density at radius 3 is 2.18 bits per heavy atom. The molecule has 1 N–H and O–H groups in total. The van der Waals surface area contributed by atoms with E-state index in [-0.39, 0.29) is 0 Å². The molecule has 64 valence electrons. The van der Waals surface area contributed by atoms with E-state index in [1.165, 1.54) is 25.7 Å². The number of hydrogen-bond acceptors (Lipinski definition) is 1. The first-order valence-electron chi connectivity index (χ1n) is 4.32. The SMILES string of the molecule is C=CCCCCCCC=CO. The molecular weight excluding hydrogens is 136 g/mol. The Labute approximate surface area is 69.4 Å². The van der Waals surface area contributed by atoms with E-state index >= 15 is 0 Å². The Morgan fingerprint density at radius 2 is 1.64 bits per heavy atom. The summed E-state index contributed by atoms with van der Waals surface area (Å²) in [5.74, 6) is 0. The van der Waals surface area contributed by atoms with Crippen LogP contribution in [-0.4, -0.2) is 5.11 Å². The molecule has 0 unspecified atom stereocenters. The van der Waals surface area contributed by atoms with Crippen LogP contribution in [0.5, 0.6) is 0 Å². The van der Waals surface area contributed by atoms with Crippen LogP contribution in [0.15, 0.2) is 25.0 Å². The average molecular weight is 154 g/mol. The maximum absolute atomic E-state index is 8.31. The Kier molecular flexibility index (Phi) is 8.67. The van der Waals surface area contributed by atoms with Gasteiger partial charge in [-0.3, -0.25) is 0 Å². The van der Waals surface area contributed by atoms with Crippen LogP contribution in [0.3, 0.4) is 0 Å². The summed E-state index contributed by atoms with van der Waals surface area (Å²) in [6, 6.07) is 0. The number of hydrogen-bond donors (Lipinski definition) is 1. The first-order chi connectivity index (χ1) is 5.41. The van der Waals surface area contributed by atoms with Gasteiger partial charge in [-0.1, -0.05) is 25.0 Å². The largest absolute Gasteiger partial charge is 0.516 e. The second-order valence-corrected chi connectivity index (χ2v) is 2.67. The van der Waals surface area contributed by atoms with Gasteiger partial charge < -0.3 is 5.11 Å². The van der Waals surface area contributed by atoms with Gasteiger partial charge >= 0.3 is 0 Å². The predicted octanol–water partition coefficient (Wildman–Crippen LogP) is 3.58. The highest BCUT2D eigenvalue weighted by Gasteiger charge is 1.86. The molecule has 11 heavy (non-hydrogen) atoms. The van der Waals surface area contributed by atoms with Crippen LogP contribution in [0.1, 0.15) is 38.5 Å². The average Bonchev–Trinajstić information content (AvgIpc) is 2.03. The summed E-state index contributed by atoms with van der Waals surface area (Å²) in [4.78, 5) is 0. The van der Waals surface area contributed by atoms with E-state index in [9.17, 15) is 0 Å². The maximum Gasteiger partial charge on any atom is 0.0751 e. The lowest BCUT2D eigenvalue weighted by atomic mass is 10.1. The van der Waals surface area contributed by atoms with Gasteiger partial charge in [-0.25, -0.2) is 0 Å². The molecule has 0 bridgehead atoms. The highest BCUT2D eigenvalue weighted by Crippen LogP contribution is 2.05.